The molecule has 2 N–H and O–H groups in total. The van der Waals surface area contributed by atoms with Crippen molar-refractivity contribution >= 4 is 18.5 Å². The lowest BCUT2D eigenvalue weighted by atomic mass is 10.2. The van der Waals surface area contributed by atoms with Crippen LogP contribution in [0.25, 0.3) is 12.3 Å². The summed E-state index contributed by atoms with van der Waals surface area (Å²) in [5.74, 6) is 5.31. The number of nitrogens with one attached hydrogen (secondary N) is 1. The molecule has 0 saturated heterocycles. The minimum Gasteiger partial charge on any atom is -0.411 e. The van der Waals surface area contributed by atoms with E-state index >= 15 is 0 Å². The summed E-state index contributed by atoms with van der Waals surface area (Å²) < 4.78 is 13.4. The molecule has 0 spiro atoms. The van der Waals surface area contributed by atoms with Gasteiger partial charge in [0.05, 0.1) is 6.21 Å². The number of oxime groups is 1. The van der Waals surface area contributed by atoms with Gasteiger partial charge < -0.3 is 10.5 Å². The van der Waals surface area contributed by atoms with Gasteiger partial charge in [0.15, 0.2) is 5.82 Å². The first-order valence-corrected chi connectivity index (χ1v) is 8.13. The average Bonchev–Trinajstić information content (AvgIpc) is 2.64. The van der Waals surface area contributed by atoms with E-state index in [0.29, 0.717) is 18.7 Å². The van der Waals surface area contributed by atoms with Crippen LogP contribution >= 0.6 is 0 Å². The Kier molecular flexibility index (Phi) is 7.14. The number of hydrogen-bond donors (Lipinski definition) is 2. The average molecular weight is 349 g/mol. The summed E-state index contributed by atoms with van der Waals surface area (Å²) >= 11 is 0. The van der Waals surface area contributed by atoms with Crippen molar-refractivity contribution in [2.75, 3.05) is 6.54 Å². The molecule has 2 rings (SSSR count). The first-order valence-electron chi connectivity index (χ1n) is 8.13. The molecule has 0 aliphatic heterocycles. The predicted molar refractivity (Wildman–Crippen MR) is 103 cm³/mol. The Labute approximate surface area is 152 Å². The van der Waals surface area contributed by atoms with Gasteiger partial charge in [0, 0.05) is 23.9 Å². The number of rotatable bonds is 5. The van der Waals surface area contributed by atoms with Crippen LogP contribution in [0.2, 0.25) is 0 Å². The van der Waals surface area contributed by atoms with Gasteiger partial charge in [-0.3, -0.25) is 0 Å². The van der Waals surface area contributed by atoms with E-state index in [1.54, 1.807) is 0 Å². The van der Waals surface area contributed by atoms with Crippen molar-refractivity contribution in [2.24, 2.45) is 5.16 Å². The number of halogens is 1. The minimum atomic E-state index is -0.563. The van der Waals surface area contributed by atoms with Crippen molar-refractivity contribution in [3.63, 3.8) is 0 Å². The Morgan fingerprint density at radius 1 is 1.35 bits per heavy atom. The van der Waals surface area contributed by atoms with Crippen molar-refractivity contribution in [1.82, 2.24) is 10.3 Å². The monoisotopic (exact) mass is 349 g/mol. The molecule has 1 heterocycles. The lowest BCUT2D eigenvalue weighted by Gasteiger charge is -2.05. The largest absolute Gasteiger partial charge is 0.411 e. The Balaban J connectivity index is 2.06. The third-order valence-electron chi connectivity index (χ3n) is 3.48. The molecule has 0 aliphatic rings. The smallest absolute Gasteiger partial charge is 0.150 e. The lowest BCUT2D eigenvalue weighted by Crippen LogP contribution is -2.30. The summed E-state index contributed by atoms with van der Waals surface area (Å²) in [4.78, 5) is 3.98. The molecule has 4 nitrogen and oxygen atoms in total. The van der Waals surface area contributed by atoms with Crippen molar-refractivity contribution in [2.45, 2.75) is 13.3 Å². The van der Waals surface area contributed by atoms with Crippen molar-refractivity contribution in [3.05, 3.63) is 76.2 Å². The normalized spacial score (nSPS) is 12.1. The van der Waals surface area contributed by atoms with E-state index in [-0.39, 0.29) is 5.69 Å². The van der Waals surface area contributed by atoms with Gasteiger partial charge in [-0.25, -0.2) is 9.37 Å². The topological polar surface area (TPSA) is 57.5 Å². The van der Waals surface area contributed by atoms with Crippen LogP contribution in [0.15, 0.2) is 53.7 Å². The maximum atomic E-state index is 13.4. The molecule has 0 unspecified atom stereocenters. The van der Waals surface area contributed by atoms with Gasteiger partial charge in [-0.15, -0.1) is 0 Å². The lowest BCUT2D eigenvalue weighted by molar-refractivity contribution is 0.321. The molecule has 0 radical (unpaired) electrons. The molecule has 0 atom stereocenters. The third kappa shape index (κ3) is 5.32. The maximum Gasteiger partial charge on any atom is 0.150 e. The number of benzene rings is 1. The van der Waals surface area contributed by atoms with Crippen LogP contribution in [-0.4, -0.2) is 23.0 Å². The fraction of sp³-hybridized carbons (Fsp3) is 0.143. The van der Waals surface area contributed by atoms with Crippen LogP contribution in [0.5, 0.6) is 0 Å². The second-order valence-electron chi connectivity index (χ2n) is 5.36. The Bertz CT molecular complexity index is 984. The van der Waals surface area contributed by atoms with Crippen molar-refractivity contribution in [3.8, 4) is 11.8 Å². The predicted octanol–water partition coefficient (Wildman–Crippen LogP) is 2.15. The van der Waals surface area contributed by atoms with Gasteiger partial charge >= 0.3 is 0 Å². The van der Waals surface area contributed by atoms with Crippen LogP contribution in [0.3, 0.4) is 0 Å². The number of nitrogens with zero attached hydrogens (tertiary/aromatic N) is 2. The van der Waals surface area contributed by atoms with Crippen molar-refractivity contribution < 1.29 is 9.60 Å². The van der Waals surface area contributed by atoms with Gasteiger partial charge in [0.25, 0.3) is 0 Å². The Hall–Kier alpha value is -3.39. The Morgan fingerprint density at radius 3 is 2.88 bits per heavy atom. The first kappa shape index (κ1) is 18.9. The highest BCUT2D eigenvalue weighted by Crippen LogP contribution is 2.03. The van der Waals surface area contributed by atoms with Gasteiger partial charge in [-0.05, 0) is 36.3 Å². The van der Waals surface area contributed by atoms with Crippen LogP contribution in [-0.2, 0) is 0 Å². The van der Waals surface area contributed by atoms with Crippen LogP contribution in [0.1, 0.15) is 24.7 Å². The highest BCUT2D eigenvalue weighted by molar-refractivity contribution is 5.76. The molecule has 1 aromatic heterocycles. The standard InChI is InChI=1S/C21H20FN3O/c1-3-8-20(18-11-5-4-9-16(18)2)23-14-7-6-10-17-12-13-19(22)21(25-17)15-24-26/h3-5,8-9,11-13,15,23,26H,2,7,14H2,1H3/b8-3-,20-18+,24-15+. The number of allylic oxidation sites excluding steroid dienone is 1. The summed E-state index contributed by atoms with van der Waals surface area (Å²) in [6.45, 7) is 6.65. The number of aromatic nitrogens is 1. The van der Waals surface area contributed by atoms with Gasteiger partial charge in [0.2, 0.25) is 0 Å². The van der Waals surface area contributed by atoms with Gasteiger partial charge in [-0.2, -0.15) is 0 Å². The van der Waals surface area contributed by atoms with Crippen molar-refractivity contribution in [1.29, 1.82) is 0 Å². The van der Waals surface area contributed by atoms with E-state index < -0.39 is 5.82 Å². The van der Waals surface area contributed by atoms with E-state index in [0.717, 1.165) is 22.3 Å². The second-order valence-corrected chi connectivity index (χ2v) is 5.36. The summed E-state index contributed by atoms with van der Waals surface area (Å²) in [5.41, 5.74) is 1.36. The number of hydrogen-bond acceptors (Lipinski definition) is 4. The Morgan fingerprint density at radius 2 is 2.15 bits per heavy atom. The zero-order valence-corrected chi connectivity index (χ0v) is 14.5. The second kappa shape index (κ2) is 9.80. The molecular weight excluding hydrogens is 329 g/mol. The highest BCUT2D eigenvalue weighted by atomic mass is 19.1. The number of pyridine rings is 1. The molecule has 1 aromatic carbocycles. The van der Waals surface area contributed by atoms with E-state index in [1.165, 1.54) is 12.1 Å². The third-order valence-corrected chi connectivity index (χ3v) is 3.48. The van der Waals surface area contributed by atoms with E-state index in [9.17, 15) is 4.39 Å². The van der Waals surface area contributed by atoms with Crippen LogP contribution in [0, 0.1) is 17.7 Å². The molecule has 0 fully saturated rings. The van der Waals surface area contributed by atoms with E-state index in [4.69, 9.17) is 5.21 Å². The maximum absolute atomic E-state index is 13.4. The minimum absolute atomic E-state index is 0.0480. The van der Waals surface area contributed by atoms with Crippen LogP contribution in [0.4, 0.5) is 4.39 Å². The quantitative estimate of drug-likeness (QED) is 0.286. The molecule has 0 saturated carbocycles. The molecule has 0 bridgehead atoms. The highest BCUT2D eigenvalue weighted by Gasteiger charge is 2.01. The first-order chi connectivity index (χ1) is 12.7. The van der Waals surface area contributed by atoms with E-state index in [1.807, 2.05) is 43.3 Å². The summed E-state index contributed by atoms with van der Waals surface area (Å²) in [5, 5.41) is 16.6. The van der Waals surface area contributed by atoms with Gasteiger partial charge in [0.1, 0.15) is 11.4 Å². The van der Waals surface area contributed by atoms with E-state index in [2.05, 4.69) is 33.9 Å². The summed E-state index contributed by atoms with van der Waals surface area (Å²) in [7, 11) is 0. The molecular formula is C21H20FN3O. The fourth-order valence-electron chi connectivity index (χ4n) is 2.28. The zero-order chi connectivity index (χ0) is 18.8. The molecule has 5 heteroatoms. The zero-order valence-electron chi connectivity index (χ0n) is 14.5. The molecule has 26 heavy (non-hydrogen) atoms. The molecule has 0 amide bonds. The summed E-state index contributed by atoms with van der Waals surface area (Å²) in [6, 6.07) is 10.6. The molecule has 2 aromatic rings. The molecule has 132 valence electrons. The SMILES string of the molecule is C=c1cccc/c1=C(/C=C\C)NCCC#Cc1ccc(F)c(/C=N/O)n1. The fourth-order valence-corrected chi connectivity index (χ4v) is 2.28. The molecule has 0 aliphatic carbocycles. The van der Waals surface area contributed by atoms with Crippen LogP contribution < -0.4 is 15.8 Å². The summed E-state index contributed by atoms with van der Waals surface area (Å²) in [6.07, 6.45) is 5.49. The van der Waals surface area contributed by atoms with Gasteiger partial charge in [-0.1, -0.05) is 48.0 Å².